The van der Waals surface area contributed by atoms with Gasteiger partial charge in [-0.15, -0.1) is 0 Å². The fraction of sp³-hybridized carbons (Fsp3) is 0.111. The maximum absolute atomic E-state index is 14.9. The minimum Gasteiger partial charge on any atom is -0.455 e. The molecule has 0 radical (unpaired) electrons. The van der Waals surface area contributed by atoms with E-state index in [2.05, 4.69) is 17.2 Å². The average molecular weight is 493 g/mol. The molecule has 4 rings (SSSR count). The third-order valence-corrected chi connectivity index (χ3v) is 5.73. The summed E-state index contributed by atoms with van der Waals surface area (Å²) in [7, 11) is 1.43. The van der Waals surface area contributed by atoms with Crippen molar-refractivity contribution in [3.05, 3.63) is 89.4 Å². The Balaban J connectivity index is 1.93. The highest BCUT2D eigenvalue weighted by Crippen LogP contribution is 2.39. The van der Waals surface area contributed by atoms with Crippen molar-refractivity contribution in [2.75, 3.05) is 12.8 Å². The fourth-order valence-corrected chi connectivity index (χ4v) is 3.79. The predicted octanol–water partition coefficient (Wildman–Crippen LogP) is 5.78. The van der Waals surface area contributed by atoms with Gasteiger partial charge in [-0.3, -0.25) is 9.59 Å². The number of carbonyl (C=O) groups excluding carboxylic acids is 2. The molecule has 0 saturated heterocycles. The zero-order valence-electron chi connectivity index (χ0n) is 19.5. The number of amides is 2. The molecule has 0 aliphatic heterocycles. The van der Waals surface area contributed by atoms with Crippen LogP contribution in [0.4, 0.5) is 18.9 Å². The molecule has 4 N–H and O–H groups in total. The van der Waals surface area contributed by atoms with Crippen LogP contribution in [0.2, 0.25) is 0 Å². The second-order valence-electron chi connectivity index (χ2n) is 8.05. The Bertz CT molecular complexity index is 1530. The van der Waals surface area contributed by atoms with Crippen LogP contribution in [0.1, 0.15) is 34.1 Å². The Morgan fingerprint density at radius 1 is 0.972 bits per heavy atom. The number of benzene rings is 3. The minimum atomic E-state index is -1.05. The molecule has 0 atom stereocenters. The molecule has 0 spiro atoms. The van der Waals surface area contributed by atoms with E-state index in [0.29, 0.717) is 29.1 Å². The first-order valence-corrected chi connectivity index (χ1v) is 11.0. The van der Waals surface area contributed by atoms with Crippen LogP contribution in [0.15, 0.2) is 65.2 Å². The van der Waals surface area contributed by atoms with Crippen molar-refractivity contribution < 1.29 is 27.2 Å². The predicted molar refractivity (Wildman–Crippen MR) is 132 cm³/mol. The lowest BCUT2D eigenvalue weighted by Crippen LogP contribution is -2.23. The number of allylic oxidation sites excluding steroid dienone is 1. The topological polar surface area (TPSA) is 97.4 Å². The monoisotopic (exact) mass is 493 g/mol. The van der Waals surface area contributed by atoms with Crippen molar-refractivity contribution in [2.24, 2.45) is 0 Å². The Kier molecular flexibility index (Phi) is 6.57. The molecular formula is C27H22F3N3O3. The van der Waals surface area contributed by atoms with Crippen molar-refractivity contribution >= 4 is 28.5 Å². The third kappa shape index (κ3) is 4.43. The number of nitrogens with two attached hydrogens (primary N) is 1. The summed E-state index contributed by atoms with van der Waals surface area (Å²) >= 11 is 0. The van der Waals surface area contributed by atoms with Crippen LogP contribution in [0.5, 0.6) is 0 Å². The van der Waals surface area contributed by atoms with Gasteiger partial charge in [-0.2, -0.15) is 0 Å². The molecule has 9 heteroatoms. The Morgan fingerprint density at radius 3 is 2.31 bits per heavy atom. The first-order valence-electron chi connectivity index (χ1n) is 11.0. The van der Waals surface area contributed by atoms with Crippen LogP contribution in [0.25, 0.3) is 33.4 Å². The molecule has 0 fully saturated rings. The van der Waals surface area contributed by atoms with Crippen LogP contribution < -0.4 is 16.4 Å². The summed E-state index contributed by atoms with van der Waals surface area (Å²) in [6.07, 6.45) is 0.435. The third-order valence-electron chi connectivity index (χ3n) is 5.73. The quantitative estimate of drug-likeness (QED) is 0.297. The highest BCUT2D eigenvalue weighted by molar-refractivity contribution is 6.12. The lowest BCUT2D eigenvalue weighted by atomic mass is 9.96. The molecule has 6 nitrogen and oxygen atoms in total. The number of halogens is 3. The van der Waals surface area contributed by atoms with Gasteiger partial charge in [0, 0.05) is 52.6 Å². The van der Waals surface area contributed by atoms with Crippen LogP contribution >= 0.6 is 0 Å². The molecule has 36 heavy (non-hydrogen) atoms. The van der Waals surface area contributed by atoms with Crippen LogP contribution in [0.3, 0.4) is 0 Å². The first kappa shape index (κ1) is 24.6. The van der Waals surface area contributed by atoms with Gasteiger partial charge in [0.1, 0.15) is 28.8 Å². The van der Waals surface area contributed by atoms with E-state index in [1.807, 2.05) is 0 Å². The van der Waals surface area contributed by atoms with Crippen LogP contribution in [0, 0.1) is 17.5 Å². The standard InChI is InChI=1S/C27H22F3N3O3/c1-4-13(2)33-26(34)18-9-16(20(29)11-21(18)30)17-10-19-23(12-22(17)31)36-25(24(19)27(35)32-3)14-5-7-15(28)8-6-14/h5-12H,2,4,31H2,1,3H3,(H,32,35)(H,33,34). The van der Waals surface area contributed by atoms with E-state index < -0.39 is 34.8 Å². The van der Waals surface area contributed by atoms with Gasteiger partial charge in [0.05, 0.1) is 11.1 Å². The number of nitrogens with one attached hydrogen (secondary N) is 2. The van der Waals surface area contributed by atoms with E-state index in [0.717, 1.165) is 6.07 Å². The van der Waals surface area contributed by atoms with E-state index in [1.54, 1.807) is 6.92 Å². The highest BCUT2D eigenvalue weighted by atomic mass is 19.1. The van der Waals surface area contributed by atoms with Gasteiger partial charge in [0.2, 0.25) is 0 Å². The summed E-state index contributed by atoms with van der Waals surface area (Å²) in [5, 5.41) is 5.29. The second kappa shape index (κ2) is 9.61. The normalized spacial score (nSPS) is 10.9. The lowest BCUT2D eigenvalue weighted by molar-refractivity contribution is 0.0954. The Morgan fingerprint density at radius 2 is 1.67 bits per heavy atom. The second-order valence-corrected chi connectivity index (χ2v) is 8.05. The number of anilines is 1. The molecule has 3 aromatic carbocycles. The van der Waals surface area contributed by atoms with Crippen LogP contribution in [-0.4, -0.2) is 18.9 Å². The van der Waals surface area contributed by atoms with Crippen molar-refractivity contribution in [2.45, 2.75) is 13.3 Å². The summed E-state index contributed by atoms with van der Waals surface area (Å²) in [5.41, 5.74) is 7.01. The molecule has 0 unspecified atom stereocenters. The van der Waals surface area contributed by atoms with Crippen molar-refractivity contribution in [3.63, 3.8) is 0 Å². The first-order chi connectivity index (χ1) is 17.1. The van der Waals surface area contributed by atoms with E-state index >= 15 is 0 Å². The lowest BCUT2D eigenvalue weighted by Gasteiger charge is -2.12. The Hall–Kier alpha value is -4.53. The molecule has 2 amide bonds. The maximum Gasteiger partial charge on any atom is 0.258 e. The molecule has 0 aliphatic rings. The van der Waals surface area contributed by atoms with Crippen molar-refractivity contribution in [3.8, 4) is 22.5 Å². The highest BCUT2D eigenvalue weighted by Gasteiger charge is 2.25. The summed E-state index contributed by atoms with van der Waals surface area (Å²) in [5.74, 6) is -3.58. The van der Waals surface area contributed by atoms with Gasteiger partial charge in [-0.25, -0.2) is 13.2 Å². The van der Waals surface area contributed by atoms with E-state index in [-0.39, 0.29) is 33.7 Å². The van der Waals surface area contributed by atoms with Gasteiger partial charge >= 0.3 is 0 Å². The number of hydrogen-bond acceptors (Lipinski definition) is 4. The van der Waals surface area contributed by atoms with Gasteiger partial charge < -0.3 is 20.8 Å². The smallest absolute Gasteiger partial charge is 0.258 e. The van der Waals surface area contributed by atoms with E-state index in [1.165, 1.54) is 43.4 Å². The summed E-state index contributed by atoms with van der Waals surface area (Å²) in [4.78, 5) is 25.3. The van der Waals surface area contributed by atoms with Gasteiger partial charge in [-0.1, -0.05) is 13.5 Å². The average Bonchev–Trinajstić information content (AvgIpc) is 3.21. The maximum atomic E-state index is 14.9. The molecule has 0 saturated carbocycles. The van der Waals surface area contributed by atoms with E-state index in [4.69, 9.17) is 10.2 Å². The zero-order valence-corrected chi connectivity index (χ0v) is 19.5. The van der Waals surface area contributed by atoms with Crippen molar-refractivity contribution in [1.82, 2.24) is 10.6 Å². The molecule has 0 aliphatic carbocycles. The van der Waals surface area contributed by atoms with Crippen LogP contribution in [-0.2, 0) is 0 Å². The molecule has 1 heterocycles. The van der Waals surface area contributed by atoms with Gasteiger partial charge in [0.25, 0.3) is 11.8 Å². The molecule has 4 aromatic rings. The fourth-order valence-electron chi connectivity index (χ4n) is 3.79. The van der Waals surface area contributed by atoms with Gasteiger partial charge in [0.15, 0.2) is 0 Å². The number of rotatable bonds is 6. The number of nitrogen functional groups attached to an aromatic ring is 1. The summed E-state index contributed by atoms with van der Waals surface area (Å²) in [6, 6.07) is 9.87. The summed E-state index contributed by atoms with van der Waals surface area (Å²) in [6.45, 7) is 5.43. The van der Waals surface area contributed by atoms with E-state index in [9.17, 15) is 22.8 Å². The largest absolute Gasteiger partial charge is 0.455 e. The number of carbonyl (C=O) groups is 2. The molecule has 184 valence electrons. The Labute approximate surface area is 204 Å². The minimum absolute atomic E-state index is 0.0696. The molecular weight excluding hydrogens is 471 g/mol. The number of furan rings is 1. The molecule has 0 bridgehead atoms. The molecule has 1 aromatic heterocycles. The number of hydrogen-bond donors (Lipinski definition) is 3. The zero-order chi connectivity index (χ0) is 26.1. The van der Waals surface area contributed by atoms with Gasteiger partial charge in [-0.05, 0) is 42.8 Å². The number of fused-ring (bicyclic) bond motifs is 1. The SMILES string of the molecule is C=C(CC)NC(=O)c1cc(-c2cc3c(C(=O)NC)c(-c4ccc(F)cc4)oc3cc2N)c(F)cc1F. The summed E-state index contributed by atoms with van der Waals surface area (Å²) < 4.78 is 48.8. The van der Waals surface area contributed by atoms with Crippen molar-refractivity contribution in [1.29, 1.82) is 0 Å².